The molecule has 1 aromatic carbocycles. The molecule has 0 saturated heterocycles. The summed E-state index contributed by atoms with van der Waals surface area (Å²) in [5, 5.41) is 8.47. The van der Waals surface area contributed by atoms with Crippen molar-refractivity contribution in [3.63, 3.8) is 0 Å². The van der Waals surface area contributed by atoms with Crippen LogP contribution in [-0.4, -0.2) is 16.1 Å². The van der Waals surface area contributed by atoms with E-state index in [9.17, 15) is 13.6 Å². The van der Waals surface area contributed by atoms with Crippen molar-refractivity contribution in [3.8, 4) is 0 Å². The van der Waals surface area contributed by atoms with E-state index in [2.05, 4.69) is 4.98 Å². The molecule has 0 aliphatic carbocycles. The Labute approximate surface area is 87.3 Å². The molecule has 0 atom stereocenters. The van der Waals surface area contributed by atoms with E-state index in [0.29, 0.717) is 0 Å². The average Bonchev–Trinajstić information content (AvgIpc) is 2.58. The Morgan fingerprint density at radius 2 is 2.00 bits per heavy atom. The van der Waals surface area contributed by atoms with E-state index in [1.54, 1.807) is 0 Å². The Bertz CT molecular complexity index is 565. The Hall–Kier alpha value is -1.62. The Balaban J connectivity index is 2.82. The summed E-state index contributed by atoms with van der Waals surface area (Å²) >= 11 is 5.41. The number of aromatic carboxylic acids is 1. The van der Waals surface area contributed by atoms with Crippen LogP contribution in [0.1, 0.15) is 10.5 Å². The van der Waals surface area contributed by atoms with Gasteiger partial charge in [0.15, 0.2) is 11.6 Å². The van der Waals surface area contributed by atoms with Crippen LogP contribution in [0.15, 0.2) is 12.1 Å². The minimum Gasteiger partial charge on any atom is -0.477 e. The molecule has 15 heavy (non-hydrogen) atoms. The van der Waals surface area contributed by atoms with E-state index in [0.717, 1.165) is 6.07 Å². The van der Waals surface area contributed by atoms with Gasteiger partial charge in [0.25, 0.3) is 0 Å². The van der Waals surface area contributed by atoms with Crippen molar-refractivity contribution in [1.82, 2.24) is 4.98 Å². The largest absolute Gasteiger partial charge is 0.477 e. The normalized spacial score (nSPS) is 10.9. The fourth-order valence-electron chi connectivity index (χ4n) is 1.30. The number of H-pyrrole nitrogens is 1. The van der Waals surface area contributed by atoms with E-state index < -0.39 is 17.6 Å². The highest BCUT2D eigenvalue weighted by Crippen LogP contribution is 2.27. The third-order valence-corrected chi connectivity index (χ3v) is 2.26. The summed E-state index contributed by atoms with van der Waals surface area (Å²) in [6.45, 7) is 0. The first-order valence-electron chi connectivity index (χ1n) is 3.90. The zero-order valence-electron chi connectivity index (χ0n) is 7.14. The number of nitrogens with one attached hydrogen (secondary N) is 1. The number of hydrogen-bond donors (Lipinski definition) is 2. The van der Waals surface area contributed by atoms with Crippen LogP contribution < -0.4 is 0 Å². The number of rotatable bonds is 1. The number of carboxylic acid groups (broad SMARTS) is 1. The molecule has 3 nitrogen and oxygen atoms in total. The molecule has 2 aromatic rings. The highest BCUT2D eigenvalue weighted by Gasteiger charge is 2.16. The van der Waals surface area contributed by atoms with Crippen molar-refractivity contribution < 1.29 is 18.7 Å². The fraction of sp³-hybridized carbons (Fsp3) is 0. The molecule has 0 saturated carbocycles. The molecule has 6 heteroatoms. The summed E-state index contributed by atoms with van der Waals surface area (Å²) in [4.78, 5) is 12.8. The Morgan fingerprint density at radius 1 is 1.33 bits per heavy atom. The lowest BCUT2D eigenvalue weighted by Gasteiger charge is -1.97. The highest BCUT2D eigenvalue weighted by atomic mass is 35.5. The average molecular weight is 232 g/mol. The van der Waals surface area contributed by atoms with Gasteiger partial charge in [-0.2, -0.15) is 0 Å². The van der Waals surface area contributed by atoms with Crippen molar-refractivity contribution in [2.45, 2.75) is 0 Å². The lowest BCUT2D eigenvalue weighted by atomic mass is 10.2. The van der Waals surface area contributed by atoms with Gasteiger partial charge < -0.3 is 10.1 Å². The van der Waals surface area contributed by atoms with Gasteiger partial charge >= 0.3 is 5.97 Å². The van der Waals surface area contributed by atoms with Crippen LogP contribution in [0.3, 0.4) is 0 Å². The molecular weight excluding hydrogens is 228 g/mol. The second kappa shape index (κ2) is 3.20. The maximum absolute atomic E-state index is 13.3. The van der Waals surface area contributed by atoms with Gasteiger partial charge in [-0.05, 0) is 12.1 Å². The molecule has 1 aromatic heterocycles. The summed E-state index contributed by atoms with van der Waals surface area (Å²) < 4.78 is 26.2. The monoisotopic (exact) mass is 231 g/mol. The van der Waals surface area contributed by atoms with Crippen molar-refractivity contribution in [3.05, 3.63) is 34.5 Å². The molecule has 0 fully saturated rings. The van der Waals surface area contributed by atoms with E-state index >= 15 is 0 Å². The van der Waals surface area contributed by atoms with E-state index in [1.807, 2.05) is 0 Å². The number of fused-ring (bicyclic) bond motifs is 1. The number of hydrogen-bond acceptors (Lipinski definition) is 1. The van der Waals surface area contributed by atoms with E-state index in [4.69, 9.17) is 16.7 Å². The second-order valence-electron chi connectivity index (χ2n) is 2.94. The van der Waals surface area contributed by atoms with Crippen molar-refractivity contribution in [1.29, 1.82) is 0 Å². The Morgan fingerprint density at radius 3 is 2.60 bits per heavy atom. The molecule has 0 aliphatic rings. The first-order valence-corrected chi connectivity index (χ1v) is 4.28. The second-order valence-corrected chi connectivity index (χ2v) is 3.35. The number of aromatic nitrogens is 1. The van der Waals surface area contributed by atoms with Gasteiger partial charge in [0.05, 0.1) is 10.5 Å². The predicted molar refractivity (Wildman–Crippen MR) is 50.2 cm³/mol. The maximum atomic E-state index is 13.3. The van der Waals surface area contributed by atoms with Crippen LogP contribution in [0.25, 0.3) is 10.9 Å². The van der Waals surface area contributed by atoms with Crippen LogP contribution in [0.2, 0.25) is 5.02 Å². The molecule has 2 rings (SSSR count). The molecule has 0 bridgehead atoms. The summed E-state index contributed by atoms with van der Waals surface area (Å²) in [5.41, 5.74) is -0.417. The van der Waals surface area contributed by atoms with Crippen molar-refractivity contribution >= 4 is 28.5 Å². The molecule has 0 amide bonds. The quantitative estimate of drug-likeness (QED) is 0.742. The molecular formula is C9H4ClF2NO2. The smallest absolute Gasteiger partial charge is 0.352 e. The van der Waals surface area contributed by atoms with Gasteiger partial charge in [-0.15, -0.1) is 0 Å². The van der Waals surface area contributed by atoms with Gasteiger partial charge in [-0.25, -0.2) is 13.6 Å². The van der Waals surface area contributed by atoms with Crippen LogP contribution in [0.5, 0.6) is 0 Å². The first kappa shape index (κ1) is 9.92. The van der Waals surface area contributed by atoms with E-state index in [1.165, 1.54) is 6.07 Å². The highest BCUT2D eigenvalue weighted by molar-refractivity contribution is 6.31. The third-order valence-electron chi connectivity index (χ3n) is 1.98. The van der Waals surface area contributed by atoms with E-state index in [-0.39, 0.29) is 21.6 Å². The van der Waals surface area contributed by atoms with Crippen LogP contribution in [-0.2, 0) is 0 Å². The SMILES string of the molecule is O=C(O)c1cc2cc(Cl)c(F)c(F)c2[nH]1. The predicted octanol–water partition coefficient (Wildman–Crippen LogP) is 2.80. The third kappa shape index (κ3) is 1.45. The summed E-state index contributed by atoms with van der Waals surface area (Å²) in [6.07, 6.45) is 0. The zero-order chi connectivity index (χ0) is 11.2. The lowest BCUT2D eigenvalue weighted by molar-refractivity contribution is 0.0691. The summed E-state index contributed by atoms with van der Waals surface area (Å²) in [5.74, 6) is -3.62. The van der Waals surface area contributed by atoms with Gasteiger partial charge in [-0.1, -0.05) is 11.6 Å². The van der Waals surface area contributed by atoms with Crippen LogP contribution in [0, 0.1) is 11.6 Å². The molecule has 2 N–H and O–H groups in total. The fourth-order valence-corrected chi connectivity index (χ4v) is 1.50. The molecule has 0 unspecified atom stereocenters. The summed E-state index contributed by atoms with van der Waals surface area (Å²) in [6, 6.07) is 2.35. The number of aromatic amines is 1. The van der Waals surface area contributed by atoms with Crippen molar-refractivity contribution in [2.75, 3.05) is 0 Å². The Kier molecular flexibility index (Phi) is 2.12. The number of carbonyl (C=O) groups is 1. The van der Waals surface area contributed by atoms with Gasteiger partial charge in [0, 0.05) is 5.39 Å². The standard InChI is InChI=1S/C9H4ClF2NO2/c10-4-1-3-2-5(9(14)15)13-8(3)7(12)6(4)11/h1-2,13H,(H,14,15). The minimum atomic E-state index is -1.25. The maximum Gasteiger partial charge on any atom is 0.352 e. The summed E-state index contributed by atoms with van der Waals surface area (Å²) in [7, 11) is 0. The molecule has 0 spiro atoms. The van der Waals surface area contributed by atoms with Gasteiger partial charge in [-0.3, -0.25) is 0 Å². The number of benzene rings is 1. The number of halogens is 3. The number of carboxylic acids is 1. The lowest BCUT2D eigenvalue weighted by Crippen LogP contribution is -1.95. The van der Waals surface area contributed by atoms with Gasteiger partial charge in [0.1, 0.15) is 5.69 Å². The zero-order valence-corrected chi connectivity index (χ0v) is 7.90. The molecule has 78 valence electrons. The van der Waals surface area contributed by atoms with Gasteiger partial charge in [0.2, 0.25) is 0 Å². The first-order chi connectivity index (χ1) is 7.00. The topological polar surface area (TPSA) is 53.1 Å². The van der Waals surface area contributed by atoms with Crippen LogP contribution in [0.4, 0.5) is 8.78 Å². The minimum absolute atomic E-state index is 0.200. The molecule has 0 radical (unpaired) electrons. The molecule has 1 heterocycles. The van der Waals surface area contributed by atoms with Crippen LogP contribution >= 0.6 is 11.6 Å². The van der Waals surface area contributed by atoms with Crippen molar-refractivity contribution in [2.24, 2.45) is 0 Å². The molecule has 0 aliphatic heterocycles.